The van der Waals surface area contributed by atoms with Crippen LogP contribution in [0.1, 0.15) is 59.6 Å². The lowest BCUT2D eigenvalue weighted by Crippen LogP contribution is -2.24. The lowest BCUT2D eigenvalue weighted by atomic mass is 9.99. The van der Waals surface area contributed by atoms with Crippen molar-refractivity contribution in [1.82, 2.24) is 14.9 Å². The van der Waals surface area contributed by atoms with Crippen LogP contribution in [0.3, 0.4) is 0 Å². The highest BCUT2D eigenvalue weighted by Crippen LogP contribution is 2.38. The number of carbonyl (C=O) groups excluding carboxylic acids is 2. The number of aromatic nitrogens is 2. The van der Waals surface area contributed by atoms with Gasteiger partial charge in [0.05, 0.1) is 11.3 Å². The summed E-state index contributed by atoms with van der Waals surface area (Å²) in [5.74, 6) is 0.179. The molecule has 2 aromatic heterocycles. The molecular weight excluding hydrogens is 520 g/mol. The minimum atomic E-state index is -0.172. The first-order chi connectivity index (χ1) is 19.3. The van der Waals surface area contributed by atoms with Crippen LogP contribution in [0.2, 0.25) is 0 Å². The molecule has 206 valence electrons. The largest absolute Gasteiger partial charge is 0.508 e. The second kappa shape index (κ2) is 11.6. The molecule has 1 aliphatic rings. The Morgan fingerprint density at radius 3 is 2.52 bits per heavy atom. The fourth-order valence-corrected chi connectivity index (χ4v) is 6.08. The standard InChI is InChI=1S/C32H34N4O3S/c1-5-36(6-2)15-7-8-29(38)30-19(3)27(33-20(30)4)17-25-24-16-22(11-14-26(24)34-31(25)39)28-18-40-32(35-28)21-9-12-23(37)13-10-21/h9-14,16-18,33,37H,5-8,15H2,1-4H3,(H,34,39)/b25-17-. The van der Waals surface area contributed by atoms with Crippen molar-refractivity contribution in [1.29, 1.82) is 0 Å². The van der Waals surface area contributed by atoms with Crippen LogP contribution >= 0.6 is 11.3 Å². The van der Waals surface area contributed by atoms with Crippen LogP contribution in [0.4, 0.5) is 5.69 Å². The van der Waals surface area contributed by atoms with E-state index in [1.807, 2.05) is 55.6 Å². The van der Waals surface area contributed by atoms with E-state index in [4.69, 9.17) is 4.98 Å². The van der Waals surface area contributed by atoms with Gasteiger partial charge in [0.1, 0.15) is 10.8 Å². The Morgan fingerprint density at radius 1 is 1.07 bits per heavy atom. The normalized spacial score (nSPS) is 13.7. The van der Waals surface area contributed by atoms with Crippen LogP contribution in [0.15, 0.2) is 47.8 Å². The number of ketones is 1. The number of aromatic amines is 1. The van der Waals surface area contributed by atoms with Gasteiger partial charge < -0.3 is 20.3 Å². The van der Waals surface area contributed by atoms with Crippen molar-refractivity contribution < 1.29 is 14.7 Å². The fraction of sp³-hybridized carbons (Fsp3) is 0.281. The average Bonchev–Trinajstić information content (AvgIpc) is 3.63. The van der Waals surface area contributed by atoms with Gasteiger partial charge >= 0.3 is 0 Å². The summed E-state index contributed by atoms with van der Waals surface area (Å²) in [5.41, 5.74) is 7.97. The van der Waals surface area contributed by atoms with Crippen LogP contribution in [0.5, 0.6) is 5.75 Å². The molecule has 7 nitrogen and oxygen atoms in total. The molecule has 3 heterocycles. The molecule has 40 heavy (non-hydrogen) atoms. The van der Waals surface area contributed by atoms with Gasteiger partial charge in [-0.15, -0.1) is 11.3 Å². The van der Waals surface area contributed by atoms with Crippen LogP contribution in [0.25, 0.3) is 33.5 Å². The maximum Gasteiger partial charge on any atom is 0.256 e. The summed E-state index contributed by atoms with van der Waals surface area (Å²) >= 11 is 1.53. The number of hydrogen-bond acceptors (Lipinski definition) is 6. The summed E-state index contributed by atoms with van der Waals surface area (Å²) in [6.07, 6.45) is 3.17. The number of H-pyrrole nitrogens is 1. The number of nitrogens with zero attached hydrogens (tertiary/aromatic N) is 2. The van der Waals surface area contributed by atoms with Crippen molar-refractivity contribution in [3.05, 3.63) is 75.9 Å². The van der Waals surface area contributed by atoms with Crippen molar-refractivity contribution in [2.45, 2.75) is 40.5 Å². The molecule has 8 heteroatoms. The molecule has 0 bridgehead atoms. The number of nitrogens with one attached hydrogen (secondary N) is 2. The number of Topliss-reactive ketones (excluding diaryl/α,β-unsaturated/α-hetero) is 1. The van der Waals surface area contributed by atoms with Crippen LogP contribution < -0.4 is 5.32 Å². The predicted molar refractivity (Wildman–Crippen MR) is 163 cm³/mol. The summed E-state index contributed by atoms with van der Waals surface area (Å²) in [5, 5.41) is 15.4. The number of amides is 1. The third-order valence-electron chi connectivity index (χ3n) is 7.53. The van der Waals surface area contributed by atoms with Gasteiger partial charge in [0.25, 0.3) is 5.91 Å². The lowest BCUT2D eigenvalue weighted by Gasteiger charge is -2.17. The van der Waals surface area contributed by atoms with E-state index in [-0.39, 0.29) is 17.4 Å². The molecule has 0 unspecified atom stereocenters. The van der Waals surface area contributed by atoms with E-state index in [2.05, 4.69) is 29.0 Å². The molecular formula is C32H34N4O3S. The van der Waals surface area contributed by atoms with E-state index >= 15 is 0 Å². The number of rotatable bonds is 10. The Kier molecular flexibility index (Phi) is 8.00. The van der Waals surface area contributed by atoms with Crippen LogP contribution in [-0.4, -0.2) is 51.3 Å². The molecule has 0 spiro atoms. The van der Waals surface area contributed by atoms with Gasteiger partial charge in [-0.3, -0.25) is 9.59 Å². The van der Waals surface area contributed by atoms with Gasteiger partial charge in [-0.05, 0) is 87.9 Å². The van der Waals surface area contributed by atoms with E-state index in [1.54, 1.807) is 12.1 Å². The molecule has 0 saturated heterocycles. The molecule has 0 aliphatic carbocycles. The first kappa shape index (κ1) is 27.6. The molecule has 0 radical (unpaired) electrons. The Hall–Kier alpha value is -4.01. The molecule has 1 aliphatic heterocycles. The topological polar surface area (TPSA) is 98.3 Å². The van der Waals surface area contributed by atoms with Gasteiger partial charge in [0.2, 0.25) is 0 Å². The minimum Gasteiger partial charge on any atom is -0.508 e. The lowest BCUT2D eigenvalue weighted by molar-refractivity contribution is -0.110. The number of phenolic OH excluding ortho intramolecular Hbond substituents is 1. The third kappa shape index (κ3) is 5.50. The number of fused-ring (bicyclic) bond motifs is 1. The Labute approximate surface area is 238 Å². The van der Waals surface area contributed by atoms with Crippen molar-refractivity contribution in [2.24, 2.45) is 0 Å². The number of hydrogen-bond donors (Lipinski definition) is 3. The second-order valence-corrected chi connectivity index (χ2v) is 10.9. The fourth-order valence-electron chi connectivity index (χ4n) is 5.24. The summed E-state index contributed by atoms with van der Waals surface area (Å²) < 4.78 is 0. The van der Waals surface area contributed by atoms with Crippen LogP contribution in [-0.2, 0) is 4.79 Å². The SMILES string of the molecule is CCN(CC)CCCC(=O)c1c(C)[nH]c(/C=C2\C(=O)Nc3ccc(-c4csc(-c5ccc(O)cc5)n4)cc32)c1C. The number of carbonyl (C=O) groups is 2. The molecule has 0 saturated carbocycles. The predicted octanol–water partition coefficient (Wildman–Crippen LogP) is 6.93. The molecule has 1 amide bonds. The molecule has 4 aromatic rings. The third-order valence-corrected chi connectivity index (χ3v) is 8.42. The number of aromatic hydroxyl groups is 1. The Morgan fingerprint density at radius 2 is 1.80 bits per heavy atom. The maximum absolute atomic E-state index is 13.1. The maximum atomic E-state index is 13.1. The summed E-state index contributed by atoms with van der Waals surface area (Å²) in [7, 11) is 0. The molecule has 0 fully saturated rings. The smallest absolute Gasteiger partial charge is 0.256 e. The zero-order chi connectivity index (χ0) is 28.4. The van der Waals surface area contributed by atoms with Gasteiger partial charge in [0.15, 0.2) is 5.78 Å². The van der Waals surface area contributed by atoms with Gasteiger partial charge in [0, 0.05) is 51.1 Å². The van der Waals surface area contributed by atoms with E-state index in [1.165, 1.54) is 11.3 Å². The number of anilines is 1. The summed E-state index contributed by atoms with van der Waals surface area (Å²) in [6.45, 7) is 11.0. The zero-order valence-electron chi connectivity index (χ0n) is 23.3. The quantitative estimate of drug-likeness (QED) is 0.146. The van der Waals surface area contributed by atoms with E-state index in [9.17, 15) is 14.7 Å². The Bertz CT molecular complexity index is 1590. The monoisotopic (exact) mass is 554 g/mol. The Balaban J connectivity index is 1.40. The zero-order valence-corrected chi connectivity index (χ0v) is 24.1. The first-order valence-electron chi connectivity index (χ1n) is 13.7. The van der Waals surface area contributed by atoms with Gasteiger partial charge in [-0.25, -0.2) is 4.98 Å². The summed E-state index contributed by atoms with van der Waals surface area (Å²) in [4.78, 5) is 36.6. The average molecular weight is 555 g/mol. The first-order valence-corrected chi connectivity index (χ1v) is 14.5. The molecule has 3 N–H and O–H groups in total. The van der Waals surface area contributed by atoms with E-state index in [0.29, 0.717) is 12.0 Å². The number of aryl methyl sites for hydroxylation is 1. The van der Waals surface area contributed by atoms with Crippen molar-refractivity contribution >= 4 is 40.4 Å². The summed E-state index contributed by atoms with van der Waals surface area (Å²) in [6, 6.07) is 12.8. The second-order valence-electron chi connectivity index (χ2n) is 10.1. The highest BCUT2D eigenvalue weighted by atomic mass is 32.1. The highest BCUT2D eigenvalue weighted by molar-refractivity contribution is 7.13. The molecule has 2 aromatic carbocycles. The molecule has 5 rings (SSSR count). The highest BCUT2D eigenvalue weighted by Gasteiger charge is 2.26. The van der Waals surface area contributed by atoms with Crippen molar-refractivity contribution in [3.63, 3.8) is 0 Å². The number of benzene rings is 2. The van der Waals surface area contributed by atoms with Gasteiger partial charge in [-0.1, -0.05) is 19.9 Å². The number of thiazole rings is 1. The van der Waals surface area contributed by atoms with Crippen LogP contribution in [0, 0.1) is 13.8 Å². The van der Waals surface area contributed by atoms with E-state index < -0.39 is 0 Å². The number of phenols is 1. The van der Waals surface area contributed by atoms with Crippen molar-refractivity contribution in [2.75, 3.05) is 25.0 Å². The van der Waals surface area contributed by atoms with Gasteiger partial charge in [-0.2, -0.15) is 0 Å². The van der Waals surface area contributed by atoms with Crippen molar-refractivity contribution in [3.8, 4) is 27.6 Å². The molecule has 0 atom stereocenters. The van der Waals surface area contributed by atoms with E-state index in [0.717, 1.165) is 81.6 Å². The minimum absolute atomic E-state index is 0.134.